The van der Waals surface area contributed by atoms with Gasteiger partial charge >= 0.3 is 0 Å². The summed E-state index contributed by atoms with van der Waals surface area (Å²) in [5.41, 5.74) is 0. The third kappa shape index (κ3) is 2.58. The fourth-order valence-electron chi connectivity index (χ4n) is 3.01. The highest BCUT2D eigenvalue weighted by atomic mass is 16.1. The van der Waals surface area contributed by atoms with Crippen molar-refractivity contribution in [1.29, 1.82) is 0 Å². The van der Waals surface area contributed by atoms with Crippen LogP contribution in [0.4, 0.5) is 0 Å². The van der Waals surface area contributed by atoms with Gasteiger partial charge < -0.3 is 5.32 Å². The predicted octanol–water partition coefficient (Wildman–Crippen LogP) is 1.04. The van der Waals surface area contributed by atoms with Gasteiger partial charge in [0.1, 0.15) is 5.78 Å². The van der Waals surface area contributed by atoms with Gasteiger partial charge in [-0.25, -0.2) is 0 Å². The van der Waals surface area contributed by atoms with E-state index in [1.807, 2.05) is 0 Å². The lowest BCUT2D eigenvalue weighted by molar-refractivity contribution is -0.122. The molecule has 0 amide bonds. The lowest BCUT2D eigenvalue weighted by Gasteiger charge is -2.41. The quantitative estimate of drug-likeness (QED) is 0.739. The van der Waals surface area contributed by atoms with Gasteiger partial charge in [0.05, 0.1) is 0 Å². The zero-order chi connectivity index (χ0) is 10.7. The van der Waals surface area contributed by atoms with Crippen LogP contribution in [0.3, 0.4) is 0 Å². The molecule has 86 valence electrons. The van der Waals surface area contributed by atoms with E-state index in [2.05, 4.69) is 17.1 Å². The van der Waals surface area contributed by atoms with Crippen molar-refractivity contribution in [2.24, 2.45) is 5.92 Å². The summed E-state index contributed by atoms with van der Waals surface area (Å²) in [5, 5.41) is 3.46. The molecule has 0 radical (unpaired) electrons. The number of nitrogens with one attached hydrogen (secondary N) is 1. The van der Waals surface area contributed by atoms with Gasteiger partial charge in [0.25, 0.3) is 0 Å². The maximum Gasteiger partial charge on any atom is 0.133 e. The third-order valence-corrected chi connectivity index (χ3v) is 3.87. The van der Waals surface area contributed by atoms with Crippen LogP contribution < -0.4 is 5.32 Å². The molecule has 15 heavy (non-hydrogen) atoms. The van der Waals surface area contributed by atoms with Gasteiger partial charge in [-0.05, 0) is 25.3 Å². The number of piperazine rings is 1. The molecule has 1 N–H and O–H groups in total. The standard InChI is InChI=1S/C12H22N2O/c1-2-14-7-6-13-9-12(14)10-4-3-5-11(15)8-10/h10,12-13H,2-9H2,1H3. The molecule has 1 saturated heterocycles. The number of rotatable bonds is 2. The molecule has 1 aliphatic carbocycles. The van der Waals surface area contributed by atoms with E-state index in [9.17, 15) is 4.79 Å². The normalized spacial score (nSPS) is 34.3. The van der Waals surface area contributed by atoms with Crippen molar-refractivity contribution in [2.45, 2.75) is 38.6 Å². The molecule has 1 saturated carbocycles. The first-order valence-corrected chi connectivity index (χ1v) is 6.27. The smallest absolute Gasteiger partial charge is 0.133 e. The molecule has 2 fully saturated rings. The van der Waals surface area contributed by atoms with Crippen LogP contribution in [0.5, 0.6) is 0 Å². The van der Waals surface area contributed by atoms with E-state index >= 15 is 0 Å². The predicted molar refractivity (Wildman–Crippen MR) is 60.9 cm³/mol. The van der Waals surface area contributed by atoms with Crippen molar-refractivity contribution >= 4 is 5.78 Å². The van der Waals surface area contributed by atoms with Gasteiger partial charge in [0, 0.05) is 38.5 Å². The van der Waals surface area contributed by atoms with E-state index in [0.717, 1.165) is 45.4 Å². The topological polar surface area (TPSA) is 32.3 Å². The van der Waals surface area contributed by atoms with Gasteiger partial charge in [-0.3, -0.25) is 9.69 Å². The molecule has 0 bridgehead atoms. The lowest BCUT2D eigenvalue weighted by Crippen LogP contribution is -2.54. The molecule has 2 rings (SSSR count). The second kappa shape index (κ2) is 5.08. The minimum Gasteiger partial charge on any atom is -0.314 e. The van der Waals surface area contributed by atoms with Crippen molar-refractivity contribution in [2.75, 3.05) is 26.2 Å². The van der Waals surface area contributed by atoms with Crippen LogP contribution in [0.25, 0.3) is 0 Å². The van der Waals surface area contributed by atoms with E-state index in [4.69, 9.17) is 0 Å². The summed E-state index contributed by atoms with van der Waals surface area (Å²) in [7, 11) is 0. The zero-order valence-electron chi connectivity index (χ0n) is 9.67. The van der Waals surface area contributed by atoms with Gasteiger partial charge in [-0.2, -0.15) is 0 Å². The Kier molecular flexibility index (Phi) is 3.76. The number of carbonyl (C=O) groups is 1. The lowest BCUT2D eigenvalue weighted by atomic mass is 9.82. The van der Waals surface area contributed by atoms with E-state index in [1.54, 1.807) is 0 Å². The Morgan fingerprint density at radius 1 is 1.53 bits per heavy atom. The van der Waals surface area contributed by atoms with Gasteiger partial charge in [-0.15, -0.1) is 0 Å². The third-order valence-electron chi connectivity index (χ3n) is 3.87. The second-order valence-corrected chi connectivity index (χ2v) is 4.80. The highest BCUT2D eigenvalue weighted by Gasteiger charge is 2.31. The number of carbonyl (C=O) groups excluding carboxylic acids is 1. The van der Waals surface area contributed by atoms with Gasteiger partial charge in [-0.1, -0.05) is 6.92 Å². The van der Waals surface area contributed by atoms with Crippen LogP contribution in [-0.4, -0.2) is 42.9 Å². The van der Waals surface area contributed by atoms with Crippen molar-refractivity contribution in [3.8, 4) is 0 Å². The van der Waals surface area contributed by atoms with E-state index in [1.165, 1.54) is 6.42 Å². The fraction of sp³-hybridized carbons (Fsp3) is 0.917. The average Bonchev–Trinajstić information content (AvgIpc) is 2.29. The summed E-state index contributed by atoms with van der Waals surface area (Å²) in [6.45, 7) is 6.67. The number of Topliss-reactive ketones (excluding diaryl/α,β-unsaturated/α-hetero) is 1. The maximum absolute atomic E-state index is 11.5. The van der Waals surface area contributed by atoms with Crippen LogP contribution in [0, 0.1) is 5.92 Å². The van der Waals surface area contributed by atoms with Crippen molar-refractivity contribution in [3.05, 3.63) is 0 Å². The van der Waals surface area contributed by atoms with Crippen LogP contribution in [-0.2, 0) is 4.79 Å². The molecule has 0 aromatic heterocycles. The van der Waals surface area contributed by atoms with E-state index in [0.29, 0.717) is 17.7 Å². The van der Waals surface area contributed by atoms with Crippen LogP contribution in [0.15, 0.2) is 0 Å². The summed E-state index contributed by atoms with van der Waals surface area (Å²) in [6, 6.07) is 0.605. The summed E-state index contributed by atoms with van der Waals surface area (Å²) < 4.78 is 0. The van der Waals surface area contributed by atoms with E-state index in [-0.39, 0.29) is 0 Å². The van der Waals surface area contributed by atoms with Gasteiger partial charge in [0.15, 0.2) is 0 Å². The number of likely N-dealkylation sites (N-methyl/N-ethyl adjacent to an activating group) is 1. The molecule has 2 atom stereocenters. The largest absolute Gasteiger partial charge is 0.314 e. The molecule has 2 aliphatic rings. The summed E-state index contributed by atoms with van der Waals surface area (Å²) in [5.74, 6) is 1.09. The van der Waals surface area contributed by atoms with Crippen LogP contribution in [0.1, 0.15) is 32.6 Å². The molecule has 1 aliphatic heterocycles. The SMILES string of the molecule is CCN1CCNCC1C1CCCC(=O)C1. The molecule has 0 spiro atoms. The Hall–Kier alpha value is -0.410. The number of nitrogens with zero attached hydrogens (tertiary/aromatic N) is 1. The second-order valence-electron chi connectivity index (χ2n) is 4.80. The van der Waals surface area contributed by atoms with Crippen LogP contribution >= 0.6 is 0 Å². The Balaban J connectivity index is 1.97. The highest BCUT2D eigenvalue weighted by Crippen LogP contribution is 2.27. The number of ketones is 1. The first-order chi connectivity index (χ1) is 7.31. The van der Waals surface area contributed by atoms with E-state index < -0.39 is 0 Å². The molecule has 2 unspecified atom stereocenters. The van der Waals surface area contributed by atoms with Gasteiger partial charge in [0.2, 0.25) is 0 Å². The van der Waals surface area contributed by atoms with Crippen molar-refractivity contribution in [1.82, 2.24) is 10.2 Å². The summed E-state index contributed by atoms with van der Waals surface area (Å²) in [6.07, 6.45) is 4.00. The Morgan fingerprint density at radius 3 is 3.13 bits per heavy atom. The highest BCUT2D eigenvalue weighted by molar-refractivity contribution is 5.79. The molecule has 1 heterocycles. The fourth-order valence-corrected chi connectivity index (χ4v) is 3.01. The summed E-state index contributed by atoms with van der Waals surface area (Å²) in [4.78, 5) is 14.0. The molecular formula is C12H22N2O. The molecular weight excluding hydrogens is 188 g/mol. The Bertz CT molecular complexity index is 230. The Labute approximate surface area is 92.2 Å². The monoisotopic (exact) mass is 210 g/mol. The van der Waals surface area contributed by atoms with Crippen molar-refractivity contribution < 1.29 is 4.79 Å². The number of hydrogen-bond acceptors (Lipinski definition) is 3. The zero-order valence-corrected chi connectivity index (χ0v) is 9.67. The van der Waals surface area contributed by atoms with Crippen molar-refractivity contribution in [3.63, 3.8) is 0 Å². The molecule has 3 nitrogen and oxygen atoms in total. The molecule has 0 aromatic rings. The maximum atomic E-state index is 11.5. The molecule has 0 aromatic carbocycles. The molecule has 3 heteroatoms. The number of hydrogen-bond donors (Lipinski definition) is 1. The average molecular weight is 210 g/mol. The first-order valence-electron chi connectivity index (χ1n) is 6.27. The van der Waals surface area contributed by atoms with Crippen LogP contribution in [0.2, 0.25) is 0 Å². The summed E-state index contributed by atoms with van der Waals surface area (Å²) >= 11 is 0. The minimum atomic E-state index is 0.480. The first kappa shape index (κ1) is 11.1. The minimum absolute atomic E-state index is 0.480. The Morgan fingerprint density at radius 2 is 2.40 bits per heavy atom.